The first kappa shape index (κ1) is 20.4. The molecule has 0 fully saturated rings. The molecule has 0 aliphatic rings. The minimum atomic E-state index is -0.533. The Kier molecular flexibility index (Phi) is 6.11. The Balaban J connectivity index is 1.65. The van der Waals surface area contributed by atoms with Gasteiger partial charge in [0.2, 0.25) is 0 Å². The van der Waals surface area contributed by atoms with E-state index in [9.17, 15) is 5.11 Å². The zero-order chi connectivity index (χ0) is 20.3. The van der Waals surface area contributed by atoms with E-state index in [4.69, 9.17) is 4.74 Å². The van der Waals surface area contributed by atoms with Crippen molar-refractivity contribution in [3.8, 4) is 5.75 Å². The largest absolute Gasteiger partial charge is 0.490 e. The van der Waals surface area contributed by atoms with Crippen LogP contribution in [-0.2, 0) is 6.54 Å². The molecule has 0 saturated heterocycles. The number of H-pyrrole nitrogens is 1. The molecule has 0 radical (unpaired) electrons. The van der Waals surface area contributed by atoms with Crippen molar-refractivity contribution in [3.05, 3.63) is 65.4 Å². The van der Waals surface area contributed by atoms with Gasteiger partial charge in [-0.25, -0.2) is 0 Å². The van der Waals surface area contributed by atoms with Crippen molar-refractivity contribution >= 4 is 10.9 Å². The second-order valence-electron chi connectivity index (χ2n) is 8.84. The molecule has 2 atom stereocenters. The maximum atomic E-state index is 10.7. The van der Waals surface area contributed by atoms with Crippen molar-refractivity contribution in [2.24, 2.45) is 0 Å². The van der Waals surface area contributed by atoms with E-state index in [2.05, 4.69) is 63.9 Å². The number of quaternary nitrogens is 1. The van der Waals surface area contributed by atoms with Gasteiger partial charge >= 0.3 is 0 Å². The van der Waals surface area contributed by atoms with Crippen LogP contribution in [0.2, 0.25) is 0 Å². The number of nitrogens with one attached hydrogen (secondary N) is 2. The Labute approximate surface area is 168 Å². The lowest BCUT2D eigenvalue weighted by Gasteiger charge is -2.34. The summed E-state index contributed by atoms with van der Waals surface area (Å²) in [4.78, 5) is 4.59. The van der Waals surface area contributed by atoms with Crippen LogP contribution in [0.5, 0.6) is 5.75 Å². The fourth-order valence-corrected chi connectivity index (χ4v) is 3.56. The normalized spacial score (nSPS) is 14.2. The van der Waals surface area contributed by atoms with Crippen molar-refractivity contribution in [2.45, 2.75) is 52.8 Å². The van der Waals surface area contributed by atoms with E-state index in [0.717, 1.165) is 28.8 Å². The summed E-state index contributed by atoms with van der Waals surface area (Å²) in [5, 5.41) is 11.8. The number of benzene rings is 2. The summed E-state index contributed by atoms with van der Waals surface area (Å²) in [6.07, 6.45) is 1.45. The Bertz CT molecular complexity index is 906. The number of hydrogen-bond acceptors (Lipinski definition) is 2. The Morgan fingerprint density at radius 3 is 2.46 bits per heavy atom. The lowest BCUT2D eigenvalue weighted by atomic mass is 10.0. The summed E-state index contributed by atoms with van der Waals surface area (Å²) in [6, 6.07) is 14.6. The molecule has 0 aliphatic carbocycles. The Morgan fingerprint density at radius 2 is 1.79 bits per heavy atom. The third-order valence-corrected chi connectivity index (χ3v) is 5.38. The minimum absolute atomic E-state index is 0.0309. The number of ether oxygens (including phenoxy) is 1. The average molecular weight is 382 g/mol. The fraction of sp³-hybridized carbons (Fsp3) is 0.417. The highest BCUT2D eigenvalue weighted by molar-refractivity contribution is 5.89. The van der Waals surface area contributed by atoms with Crippen molar-refractivity contribution in [3.63, 3.8) is 0 Å². The van der Waals surface area contributed by atoms with Gasteiger partial charge in [-0.15, -0.1) is 0 Å². The molecule has 2 aromatic carbocycles. The summed E-state index contributed by atoms with van der Waals surface area (Å²) in [7, 11) is 0. The number of fused-ring (bicyclic) bond motifs is 1. The first-order valence-electron chi connectivity index (χ1n) is 10.0. The van der Waals surface area contributed by atoms with Crippen LogP contribution in [0.15, 0.2) is 48.7 Å². The first-order chi connectivity index (χ1) is 13.2. The molecule has 0 amide bonds. The van der Waals surface area contributed by atoms with E-state index < -0.39 is 6.10 Å². The number of rotatable bonds is 7. The molecule has 0 saturated carbocycles. The monoisotopic (exact) mass is 381 g/mol. The van der Waals surface area contributed by atoms with Gasteiger partial charge in [0.15, 0.2) is 0 Å². The molecule has 0 spiro atoms. The third kappa shape index (κ3) is 4.94. The van der Waals surface area contributed by atoms with Crippen LogP contribution in [0.1, 0.15) is 37.5 Å². The summed E-state index contributed by atoms with van der Waals surface area (Å²) in [6.45, 7) is 12.6. The van der Waals surface area contributed by atoms with Crippen LogP contribution < -0.4 is 9.64 Å². The molecular weight excluding hydrogens is 348 g/mol. The highest BCUT2D eigenvalue weighted by Crippen LogP contribution is 2.28. The van der Waals surface area contributed by atoms with Gasteiger partial charge in [-0.3, -0.25) is 0 Å². The number of aromatic nitrogens is 1. The molecule has 3 aromatic rings. The number of hydrogen-bond donors (Lipinski definition) is 3. The quantitative estimate of drug-likeness (QED) is 0.587. The lowest BCUT2D eigenvalue weighted by Crippen LogP contribution is -3.18. The summed E-state index contributed by atoms with van der Waals surface area (Å²) >= 11 is 0. The van der Waals surface area contributed by atoms with Crippen LogP contribution in [-0.4, -0.2) is 34.9 Å². The van der Waals surface area contributed by atoms with Gasteiger partial charge in [0, 0.05) is 22.7 Å². The van der Waals surface area contributed by atoms with Crippen molar-refractivity contribution in [1.82, 2.24) is 4.98 Å². The van der Waals surface area contributed by atoms with E-state index in [1.165, 1.54) is 16.0 Å². The Morgan fingerprint density at radius 1 is 1.07 bits per heavy atom. The molecule has 28 heavy (non-hydrogen) atoms. The zero-order valence-corrected chi connectivity index (χ0v) is 17.7. The smallest absolute Gasteiger partial charge is 0.137 e. The predicted molar refractivity (Wildman–Crippen MR) is 115 cm³/mol. The minimum Gasteiger partial charge on any atom is -0.490 e. The van der Waals surface area contributed by atoms with Crippen molar-refractivity contribution < 1.29 is 14.7 Å². The SMILES string of the molecule is Cc1ccc(C[NH+](C[C@H](O)COc2cccc3[nH]cc(C)c23)C(C)(C)C)cc1. The van der Waals surface area contributed by atoms with Gasteiger partial charge in [0.25, 0.3) is 0 Å². The molecule has 4 nitrogen and oxygen atoms in total. The van der Waals surface area contributed by atoms with Crippen LogP contribution in [0, 0.1) is 13.8 Å². The standard InChI is InChI=1S/C24H32N2O2/c1-17-9-11-19(12-10-17)14-26(24(3,4)5)15-20(27)16-28-22-8-6-7-21-23(22)18(2)13-25-21/h6-13,20,25,27H,14-16H2,1-5H3/p+1/t20-/m0/s1. The molecular formula is C24H33N2O2+. The lowest BCUT2D eigenvalue weighted by molar-refractivity contribution is -0.962. The van der Waals surface area contributed by atoms with Gasteiger partial charge in [0.1, 0.15) is 31.5 Å². The molecule has 3 N–H and O–H groups in total. The number of aryl methyl sites for hydroxylation is 2. The second kappa shape index (κ2) is 8.38. The molecule has 0 aliphatic heterocycles. The van der Waals surface area contributed by atoms with E-state index >= 15 is 0 Å². The van der Waals surface area contributed by atoms with Gasteiger partial charge in [0.05, 0.1) is 5.54 Å². The number of aliphatic hydroxyl groups is 1. The van der Waals surface area contributed by atoms with Crippen LogP contribution in [0.4, 0.5) is 0 Å². The highest BCUT2D eigenvalue weighted by Gasteiger charge is 2.28. The highest BCUT2D eigenvalue weighted by atomic mass is 16.5. The molecule has 1 unspecified atom stereocenters. The molecule has 150 valence electrons. The second-order valence-corrected chi connectivity index (χ2v) is 8.84. The van der Waals surface area contributed by atoms with Crippen LogP contribution >= 0.6 is 0 Å². The van der Waals surface area contributed by atoms with E-state index in [1.54, 1.807) is 0 Å². The predicted octanol–water partition coefficient (Wildman–Crippen LogP) is 3.41. The van der Waals surface area contributed by atoms with Crippen LogP contribution in [0.25, 0.3) is 10.9 Å². The van der Waals surface area contributed by atoms with Gasteiger partial charge in [-0.2, -0.15) is 0 Å². The molecule has 1 heterocycles. The summed E-state index contributed by atoms with van der Waals surface area (Å²) in [5.74, 6) is 0.825. The molecule has 3 rings (SSSR count). The fourth-order valence-electron chi connectivity index (χ4n) is 3.56. The van der Waals surface area contributed by atoms with E-state index in [1.807, 2.05) is 24.4 Å². The van der Waals surface area contributed by atoms with Gasteiger partial charge < -0.3 is 19.7 Å². The maximum Gasteiger partial charge on any atom is 0.137 e. The number of aromatic amines is 1. The zero-order valence-electron chi connectivity index (χ0n) is 17.7. The van der Waals surface area contributed by atoms with Crippen LogP contribution in [0.3, 0.4) is 0 Å². The van der Waals surface area contributed by atoms with E-state index in [0.29, 0.717) is 6.54 Å². The maximum absolute atomic E-state index is 10.7. The summed E-state index contributed by atoms with van der Waals surface area (Å²) < 4.78 is 6.02. The average Bonchev–Trinajstić information content (AvgIpc) is 3.02. The molecule has 1 aromatic heterocycles. The first-order valence-corrected chi connectivity index (χ1v) is 10.0. The van der Waals surface area contributed by atoms with E-state index in [-0.39, 0.29) is 12.1 Å². The van der Waals surface area contributed by atoms with Gasteiger partial charge in [-0.1, -0.05) is 35.9 Å². The number of aliphatic hydroxyl groups excluding tert-OH is 1. The topological polar surface area (TPSA) is 49.7 Å². The summed E-state index contributed by atoms with van der Waals surface area (Å²) in [5.41, 5.74) is 4.80. The van der Waals surface area contributed by atoms with Crippen molar-refractivity contribution in [1.29, 1.82) is 0 Å². The Hall–Kier alpha value is -2.30. The molecule has 4 heteroatoms. The van der Waals surface area contributed by atoms with Gasteiger partial charge in [-0.05, 0) is 52.3 Å². The third-order valence-electron chi connectivity index (χ3n) is 5.38. The van der Waals surface area contributed by atoms with Crippen molar-refractivity contribution in [2.75, 3.05) is 13.2 Å². The molecule has 0 bridgehead atoms.